The molecule has 0 aliphatic carbocycles. The first kappa shape index (κ1) is 15.9. The minimum atomic E-state index is -3.64. The maximum atomic E-state index is 12.3. The van der Waals surface area contributed by atoms with Gasteiger partial charge in [-0.1, -0.05) is 43.2 Å². The maximum Gasteiger partial charge on any atom is 0.262 e. The van der Waals surface area contributed by atoms with E-state index in [9.17, 15) is 8.42 Å². The number of benzene rings is 2. The third-order valence-corrected chi connectivity index (χ3v) is 4.17. The highest BCUT2D eigenvalue weighted by Gasteiger charge is 2.15. The molecule has 0 radical (unpaired) electrons. The molecule has 114 valence electrons. The molecule has 0 aliphatic rings. The van der Waals surface area contributed by atoms with Crippen LogP contribution in [0.2, 0.25) is 0 Å². The van der Waals surface area contributed by atoms with E-state index in [-0.39, 0.29) is 11.5 Å². The molecule has 0 saturated carbocycles. The van der Waals surface area contributed by atoms with Crippen LogP contribution in [0, 0.1) is 11.8 Å². The molecule has 0 atom stereocenters. The maximum absolute atomic E-state index is 12.3. The molecule has 5 heteroatoms. The predicted molar refractivity (Wildman–Crippen MR) is 87.3 cm³/mol. The number of nitrogens with one attached hydrogen (secondary N) is 1. The largest absolute Gasteiger partial charge is 0.479 e. The molecule has 2 aromatic carbocycles. The molecule has 22 heavy (non-hydrogen) atoms. The molecule has 0 amide bonds. The van der Waals surface area contributed by atoms with Crippen LogP contribution in [0.25, 0.3) is 0 Å². The van der Waals surface area contributed by atoms with Crippen LogP contribution in [0.5, 0.6) is 5.75 Å². The van der Waals surface area contributed by atoms with Crippen LogP contribution in [0.1, 0.15) is 13.3 Å². The van der Waals surface area contributed by atoms with Gasteiger partial charge >= 0.3 is 0 Å². The van der Waals surface area contributed by atoms with Gasteiger partial charge in [0.25, 0.3) is 10.0 Å². The number of rotatable bonds is 5. The molecular weight excluding hydrogens is 298 g/mol. The van der Waals surface area contributed by atoms with Crippen molar-refractivity contribution in [3.05, 3.63) is 54.6 Å². The van der Waals surface area contributed by atoms with Gasteiger partial charge in [0, 0.05) is 6.42 Å². The fraction of sp³-hybridized carbons (Fsp3) is 0.176. The molecule has 0 bridgehead atoms. The van der Waals surface area contributed by atoms with Crippen molar-refractivity contribution in [1.29, 1.82) is 0 Å². The summed E-state index contributed by atoms with van der Waals surface area (Å²) in [4.78, 5) is 0.204. The minimum Gasteiger partial charge on any atom is -0.479 e. The van der Waals surface area contributed by atoms with Crippen molar-refractivity contribution in [2.45, 2.75) is 18.2 Å². The van der Waals surface area contributed by atoms with Crippen LogP contribution in [0.15, 0.2) is 59.5 Å². The molecule has 1 N–H and O–H groups in total. The van der Waals surface area contributed by atoms with Crippen molar-refractivity contribution in [2.75, 3.05) is 11.3 Å². The highest BCUT2D eigenvalue weighted by molar-refractivity contribution is 7.92. The van der Waals surface area contributed by atoms with E-state index in [4.69, 9.17) is 4.74 Å². The first-order valence-corrected chi connectivity index (χ1v) is 8.37. The smallest absolute Gasteiger partial charge is 0.262 e. The van der Waals surface area contributed by atoms with Crippen LogP contribution in [0.3, 0.4) is 0 Å². The second-order valence-corrected chi connectivity index (χ2v) is 6.09. The summed E-state index contributed by atoms with van der Waals surface area (Å²) in [6.45, 7) is 2.17. The van der Waals surface area contributed by atoms with Crippen molar-refractivity contribution in [1.82, 2.24) is 0 Å². The van der Waals surface area contributed by atoms with Gasteiger partial charge in [-0.2, -0.15) is 0 Å². The van der Waals surface area contributed by atoms with E-state index in [1.807, 2.05) is 6.92 Å². The summed E-state index contributed by atoms with van der Waals surface area (Å²) in [6.07, 6.45) is 0.756. The summed E-state index contributed by atoms with van der Waals surface area (Å²) in [5.74, 6) is 6.21. The molecule has 0 saturated heterocycles. The zero-order valence-electron chi connectivity index (χ0n) is 12.2. The highest BCUT2D eigenvalue weighted by atomic mass is 32.2. The SMILES string of the molecule is CCC#CCOc1ccccc1NS(=O)(=O)c1ccccc1. The molecular formula is C17H17NO3S. The van der Waals surface area contributed by atoms with Gasteiger partial charge in [0.05, 0.1) is 10.6 Å². The summed E-state index contributed by atoms with van der Waals surface area (Å²) in [7, 11) is -3.64. The number of hydrogen-bond donors (Lipinski definition) is 1. The summed E-state index contributed by atoms with van der Waals surface area (Å²) in [5, 5.41) is 0. The average molecular weight is 315 g/mol. The first-order valence-electron chi connectivity index (χ1n) is 6.89. The van der Waals surface area contributed by atoms with E-state index >= 15 is 0 Å². The standard InChI is InChI=1S/C17H17NO3S/c1-2-3-9-14-21-17-13-8-7-12-16(17)18-22(19,20)15-10-5-4-6-11-15/h4-8,10-13,18H,2,14H2,1H3. The zero-order valence-corrected chi connectivity index (χ0v) is 13.1. The van der Waals surface area contributed by atoms with Crippen LogP contribution in [-0.2, 0) is 10.0 Å². The summed E-state index contributed by atoms with van der Waals surface area (Å²) in [6, 6.07) is 15.1. The first-order chi connectivity index (χ1) is 10.6. The van der Waals surface area contributed by atoms with Crippen molar-refractivity contribution in [3.63, 3.8) is 0 Å². The zero-order chi connectivity index (χ0) is 15.8. The fourth-order valence-corrected chi connectivity index (χ4v) is 2.86. The molecule has 4 nitrogen and oxygen atoms in total. The van der Waals surface area contributed by atoms with Crippen molar-refractivity contribution in [2.24, 2.45) is 0 Å². The van der Waals surface area contributed by atoms with Gasteiger partial charge in [-0.05, 0) is 24.3 Å². The average Bonchev–Trinajstić information content (AvgIpc) is 2.53. The fourth-order valence-electron chi connectivity index (χ4n) is 1.77. The van der Waals surface area contributed by atoms with Gasteiger partial charge in [-0.15, -0.1) is 5.92 Å². The molecule has 2 rings (SSSR count). The van der Waals surface area contributed by atoms with E-state index in [1.165, 1.54) is 0 Å². The van der Waals surface area contributed by atoms with Crippen molar-refractivity contribution >= 4 is 15.7 Å². The summed E-state index contributed by atoms with van der Waals surface area (Å²) < 4.78 is 32.7. The van der Waals surface area contributed by atoms with Crippen LogP contribution in [-0.4, -0.2) is 15.0 Å². The number of ether oxygens (including phenoxy) is 1. The Kier molecular flexibility index (Phi) is 5.45. The molecule has 2 aromatic rings. The Morgan fingerprint density at radius 3 is 2.41 bits per heavy atom. The lowest BCUT2D eigenvalue weighted by molar-refractivity contribution is 0.372. The number of sulfonamides is 1. The second-order valence-electron chi connectivity index (χ2n) is 4.41. The summed E-state index contributed by atoms with van der Waals surface area (Å²) in [5.41, 5.74) is 0.393. The lowest BCUT2D eigenvalue weighted by atomic mass is 10.3. The van der Waals surface area contributed by atoms with Gasteiger partial charge in [-0.3, -0.25) is 4.72 Å². The van der Waals surface area contributed by atoms with E-state index in [2.05, 4.69) is 16.6 Å². The van der Waals surface area contributed by atoms with Gasteiger partial charge < -0.3 is 4.74 Å². The van der Waals surface area contributed by atoms with Gasteiger partial charge in [0.2, 0.25) is 0 Å². The monoisotopic (exact) mass is 315 g/mol. The van der Waals surface area contributed by atoms with E-state index in [0.717, 1.165) is 6.42 Å². The molecule has 0 heterocycles. The van der Waals surface area contributed by atoms with Crippen LogP contribution < -0.4 is 9.46 Å². The third kappa shape index (κ3) is 4.27. The minimum absolute atomic E-state index is 0.204. The van der Waals surface area contributed by atoms with Gasteiger partial charge in [-0.25, -0.2) is 8.42 Å². The Morgan fingerprint density at radius 2 is 1.68 bits per heavy atom. The molecule has 0 spiro atoms. The van der Waals surface area contributed by atoms with E-state index in [1.54, 1.807) is 54.6 Å². The molecule has 0 aromatic heterocycles. The topological polar surface area (TPSA) is 55.4 Å². The Morgan fingerprint density at radius 1 is 1.00 bits per heavy atom. The normalized spacial score (nSPS) is 10.4. The Labute approximate surface area is 131 Å². The summed E-state index contributed by atoms with van der Waals surface area (Å²) >= 11 is 0. The number of hydrogen-bond acceptors (Lipinski definition) is 3. The quantitative estimate of drug-likeness (QED) is 0.862. The number of anilines is 1. The molecule has 0 unspecified atom stereocenters. The lowest BCUT2D eigenvalue weighted by Gasteiger charge is -2.12. The lowest BCUT2D eigenvalue weighted by Crippen LogP contribution is -2.13. The van der Waals surface area contributed by atoms with Crippen molar-refractivity contribution in [3.8, 4) is 17.6 Å². The van der Waals surface area contributed by atoms with Gasteiger partial charge in [0.15, 0.2) is 0 Å². The molecule has 0 aliphatic heterocycles. The second kappa shape index (κ2) is 7.53. The van der Waals surface area contributed by atoms with Crippen LogP contribution >= 0.6 is 0 Å². The van der Waals surface area contributed by atoms with E-state index < -0.39 is 10.0 Å². The highest BCUT2D eigenvalue weighted by Crippen LogP contribution is 2.26. The Bertz CT molecular complexity index is 774. The van der Waals surface area contributed by atoms with E-state index in [0.29, 0.717) is 11.4 Å². The number of para-hydroxylation sites is 2. The third-order valence-electron chi connectivity index (χ3n) is 2.79. The molecule has 0 fully saturated rings. The Balaban J connectivity index is 2.19. The Hall–Kier alpha value is -2.45. The van der Waals surface area contributed by atoms with Gasteiger partial charge in [0.1, 0.15) is 12.4 Å². The van der Waals surface area contributed by atoms with Crippen molar-refractivity contribution < 1.29 is 13.2 Å². The van der Waals surface area contributed by atoms with Crippen LogP contribution in [0.4, 0.5) is 5.69 Å². The predicted octanol–water partition coefficient (Wildman–Crippen LogP) is 3.28.